The summed E-state index contributed by atoms with van der Waals surface area (Å²) in [6.45, 7) is 0. The van der Waals surface area contributed by atoms with Crippen LogP contribution in [0.5, 0.6) is 0 Å². The second-order valence-corrected chi connectivity index (χ2v) is 13.9. The molecule has 0 amide bonds. The number of pyridine rings is 1. The Hall–Kier alpha value is -6.10. The lowest BCUT2D eigenvalue weighted by atomic mass is 9.67. The SMILES string of the molecule is c1ccc(-c2nc(-c3ccc(-c4cccnc4)cc3)cc(-c3ccc4c(c3)C3(c5ccccc5S4)c4ccccc4-c4ccccc43)n2)cc1. The number of aromatic nitrogens is 3. The molecular weight excluding hydrogens is 627 g/mol. The summed E-state index contributed by atoms with van der Waals surface area (Å²) in [4.78, 5) is 17.2. The molecule has 0 N–H and O–H groups in total. The summed E-state index contributed by atoms with van der Waals surface area (Å²) in [7, 11) is 0. The van der Waals surface area contributed by atoms with Crippen LogP contribution in [0.2, 0.25) is 0 Å². The summed E-state index contributed by atoms with van der Waals surface area (Å²) in [5, 5.41) is 0. The number of fused-ring (bicyclic) bond motifs is 9. The highest BCUT2D eigenvalue weighted by Crippen LogP contribution is 2.62. The Morgan fingerprint density at radius 1 is 0.400 bits per heavy atom. The van der Waals surface area contributed by atoms with Gasteiger partial charge >= 0.3 is 0 Å². The van der Waals surface area contributed by atoms with Crippen molar-refractivity contribution in [1.29, 1.82) is 0 Å². The number of hydrogen-bond donors (Lipinski definition) is 0. The van der Waals surface area contributed by atoms with E-state index < -0.39 is 5.41 Å². The first-order chi connectivity index (χ1) is 24.8. The fourth-order valence-electron chi connectivity index (χ4n) is 7.84. The molecule has 0 unspecified atom stereocenters. The highest BCUT2D eigenvalue weighted by molar-refractivity contribution is 7.99. The molecule has 1 aliphatic heterocycles. The monoisotopic (exact) mass is 655 g/mol. The van der Waals surface area contributed by atoms with E-state index in [1.54, 1.807) is 6.20 Å². The third-order valence-electron chi connectivity index (χ3n) is 10.1. The van der Waals surface area contributed by atoms with Gasteiger partial charge in [0, 0.05) is 38.9 Å². The Morgan fingerprint density at radius 2 is 0.980 bits per heavy atom. The van der Waals surface area contributed by atoms with Crippen molar-refractivity contribution >= 4 is 11.8 Å². The van der Waals surface area contributed by atoms with Crippen molar-refractivity contribution in [3.05, 3.63) is 198 Å². The lowest BCUT2D eigenvalue weighted by molar-refractivity contribution is 0.722. The fraction of sp³-hybridized carbons (Fsp3) is 0.0217. The van der Waals surface area contributed by atoms with Gasteiger partial charge in [-0.3, -0.25) is 4.98 Å². The van der Waals surface area contributed by atoms with Crippen LogP contribution in [0.1, 0.15) is 22.3 Å². The normalized spacial score (nSPS) is 13.3. The molecule has 0 atom stereocenters. The maximum Gasteiger partial charge on any atom is 0.160 e. The summed E-state index contributed by atoms with van der Waals surface area (Å²) in [6, 6.07) is 58.8. The van der Waals surface area contributed by atoms with Gasteiger partial charge in [0.2, 0.25) is 0 Å². The van der Waals surface area contributed by atoms with Crippen molar-refractivity contribution in [3.63, 3.8) is 0 Å². The summed E-state index contributed by atoms with van der Waals surface area (Å²) in [5.74, 6) is 0.707. The molecule has 10 rings (SSSR count). The molecule has 0 fully saturated rings. The molecule has 4 heteroatoms. The molecule has 0 saturated heterocycles. The van der Waals surface area contributed by atoms with Gasteiger partial charge in [0.25, 0.3) is 0 Å². The quantitative estimate of drug-likeness (QED) is 0.189. The third kappa shape index (κ3) is 4.42. The number of rotatable bonds is 4. The van der Waals surface area contributed by atoms with E-state index >= 15 is 0 Å². The zero-order chi connectivity index (χ0) is 33.1. The van der Waals surface area contributed by atoms with Crippen molar-refractivity contribution < 1.29 is 0 Å². The molecule has 1 aliphatic carbocycles. The summed E-state index contributed by atoms with van der Waals surface area (Å²) in [5.41, 5.74) is 14.5. The fourth-order valence-corrected chi connectivity index (χ4v) is 9.01. The summed E-state index contributed by atoms with van der Waals surface area (Å²) in [6.07, 6.45) is 3.70. The van der Waals surface area contributed by atoms with Gasteiger partial charge in [-0.1, -0.05) is 145 Å². The zero-order valence-electron chi connectivity index (χ0n) is 27.0. The molecule has 3 heterocycles. The first kappa shape index (κ1) is 28.9. The smallest absolute Gasteiger partial charge is 0.160 e. The van der Waals surface area contributed by atoms with Crippen LogP contribution in [0.3, 0.4) is 0 Å². The highest BCUT2D eigenvalue weighted by Gasteiger charge is 2.50. The Kier molecular flexibility index (Phi) is 6.64. The Balaban J connectivity index is 1.18. The van der Waals surface area contributed by atoms with Gasteiger partial charge in [-0.25, -0.2) is 9.97 Å². The van der Waals surface area contributed by atoms with Crippen LogP contribution < -0.4 is 0 Å². The van der Waals surface area contributed by atoms with Crippen molar-refractivity contribution in [2.24, 2.45) is 0 Å². The van der Waals surface area contributed by atoms with E-state index in [0.717, 1.165) is 39.2 Å². The minimum Gasteiger partial charge on any atom is -0.264 e. The minimum atomic E-state index is -0.444. The largest absolute Gasteiger partial charge is 0.264 e. The van der Waals surface area contributed by atoms with E-state index in [4.69, 9.17) is 9.97 Å². The molecule has 50 heavy (non-hydrogen) atoms. The Labute approximate surface area is 295 Å². The Bertz CT molecular complexity index is 2520. The van der Waals surface area contributed by atoms with Crippen molar-refractivity contribution in [3.8, 4) is 56.2 Å². The number of nitrogens with zero attached hydrogens (tertiary/aromatic N) is 3. The van der Waals surface area contributed by atoms with Crippen molar-refractivity contribution in [2.75, 3.05) is 0 Å². The van der Waals surface area contributed by atoms with Gasteiger partial charge in [0.1, 0.15) is 0 Å². The topological polar surface area (TPSA) is 38.7 Å². The minimum absolute atomic E-state index is 0.444. The molecule has 0 saturated carbocycles. The number of benzene rings is 6. The highest BCUT2D eigenvalue weighted by atomic mass is 32.2. The maximum atomic E-state index is 5.24. The van der Waals surface area contributed by atoms with Gasteiger partial charge in [-0.05, 0) is 74.8 Å². The maximum absolute atomic E-state index is 5.24. The second kappa shape index (κ2) is 11.5. The molecular formula is C46H29N3S. The molecule has 2 aromatic heterocycles. The average Bonchev–Trinajstić information content (AvgIpc) is 3.49. The summed E-state index contributed by atoms with van der Waals surface area (Å²) >= 11 is 1.86. The van der Waals surface area contributed by atoms with Crippen LogP contribution in [0.25, 0.3) is 56.2 Å². The molecule has 3 nitrogen and oxygen atoms in total. The van der Waals surface area contributed by atoms with Crippen LogP contribution in [-0.4, -0.2) is 15.0 Å². The van der Waals surface area contributed by atoms with Crippen LogP contribution >= 0.6 is 11.8 Å². The van der Waals surface area contributed by atoms with Crippen LogP contribution in [-0.2, 0) is 5.41 Å². The van der Waals surface area contributed by atoms with E-state index in [1.165, 1.54) is 43.2 Å². The van der Waals surface area contributed by atoms with E-state index in [9.17, 15) is 0 Å². The van der Waals surface area contributed by atoms with E-state index in [-0.39, 0.29) is 0 Å². The van der Waals surface area contributed by atoms with Gasteiger partial charge in [-0.15, -0.1) is 0 Å². The predicted molar refractivity (Wildman–Crippen MR) is 203 cm³/mol. The van der Waals surface area contributed by atoms with E-state index in [1.807, 2.05) is 42.2 Å². The lowest BCUT2D eigenvalue weighted by Gasteiger charge is -2.39. The van der Waals surface area contributed by atoms with Gasteiger partial charge in [0.15, 0.2) is 5.82 Å². The lowest BCUT2D eigenvalue weighted by Crippen LogP contribution is -2.32. The average molecular weight is 656 g/mol. The molecule has 6 aromatic carbocycles. The van der Waals surface area contributed by atoms with Crippen LogP contribution in [0.4, 0.5) is 0 Å². The van der Waals surface area contributed by atoms with Crippen LogP contribution in [0, 0.1) is 0 Å². The molecule has 234 valence electrons. The zero-order valence-corrected chi connectivity index (χ0v) is 27.8. The second-order valence-electron chi connectivity index (χ2n) is 12.8. The van der Waals surface area contributed by atoms with Gasteiger partial charge in [-0.2, -0.15) is 0 Å². The molecule has 8 aromatic rings. The molecule has 2 aliphatic rings. The van der Waals surface area contributed by atoms with Crippen LogP contribution in [0.15, 0.2) is 186 Å². The molecule has 0 bridgehead atoms. The van der Waals surface area contributed by atoms with Crippen molar-refractivity contribution in [1.82, 2.24) is 15.0 Å². The molecule has 0 radical (unpaired) electrons. The standard InChI is InChI=1S/C46H29N3S/c1-2-11-32(12-3-1)45-48-41(31-22-20-30(21-23-31)34-13-10-26-47-29-34)28-42(49-45)33-24-25-44-40(27-33)46(39-18-8-9-19-43(39)50-44)37-16-6-4-14-35(37)36-15-5-7-17-38(36)46/h1-29H. The first-order valence-electron chi connectivity index (χ1n) is 16.8. The van der Waals surface area contributed by atoms with Crippen molar-refractivity contribution in [2.45, 2.75) is 15.2 Å². The van der Waals surface area contributed by atoms with Gasteiger partial charge < -0.3 is 0 Å². The molecule has 1 spiro atoms. The predicted octanol–water partition coefficient (Wildman–Crippen LogP) is 11.4. The Morgan fingerprint density at radius 3 is 1.70 bits per heavy atom. The van der Waals surface area contributed by atoms with E-state index in [2.05, 4.69) is 145 Å². The van der Waals surface area contributed by atoms with E-state index in [0.29, 0.717) is 5.82 Å². The van der Waals surface area contributed by atoms with Gasteiger partial charge in [0.05, 0.1) is 16.8 Å². The third-order valence-corrected chi connectivity index (χ3v) is 11.2. The number of hydrogen-bond acceptors (Lipinski definition) is 4. The first-order valence-corrected chi connectivity index (χ1v) is 17.7. The summed E-state index contributed by atoms with van der Waals surface area (Å²) < 4.78 is 0.